The van der Waals surface area contributed by atoms with Crippen LogP contribution >= 0.6 is 0 Å². The number of nitrogens with zero attached hydrogens (tertiary/aromatic N) is 1. The molecule has 0 aliphatic heterocycles. The zero-order valence-electron chi connectivity index (χ0n) is 12.0. The molecular weight excluding hydrogens is 241 g/mol. The van der Waals surface area contributed by atoms with Gasteiger partial charge in [-0.1, -0.05) is 27.2 Å². The molecule has 0 aromatic carbocycles. The van der Waals surface area contributed by atoms with Crippen molar-refractivity contribution >= 4 is 0 Å². The largest absolute Gasteiger partial charge is 0.390 e. The topological polar surface area (TPSA) is 15.3 Å². The van der Waals surface area contributed by atoms with Crippen LogP contribution < -0.4 is 5.32 Å². The Morgan fingerprint density at radius 1 is 1.17 bits per heavy atom. The average Bonchev–Trinajstić information content (AvgIpc) is 2.27. The van der Waals surface area contributed by atoms with Gasteiger partial charge in [0.05, 0.1) is 6.42 Å². The third-order valence-corrected chi connectivity index (χ3v) is 3.26. The molecule has 0 bridgehead atoms. The van der Waals surface area contributed by atoms with Crippen LogP contribution in [0.3, 0.4) is 0 Å². The van der Waals surface area contributed by atoms with Crippen LogP contribution in [0.4, 0.5) is 13.2 Å². The van der Waals surface area contributed by atoms with Crippen LogP contribution in [0.2, 0.25) is 0 Å². The van der Waals surface area contributed by atoms with Gasteiger partial charge in [-0.2, -0.15) is 13.2 Å². The summed E-state index contributed by atoms with van der Waals surface area (Å²) < 4.78 is 36.7. The Labute approximate surface area is 109 Å². The van der Waals surface area contributed by atoms with Crippen LogP contribution in [0, 0.1) is 0 Å². The summed E-state index contributed by atoms with van der Waals surface area (Å²) in [5.74, 6) is 0. The van der Waals surface area contributed by atoms with Crippen molar-refractivity contribution in [2.75, 3.05) is 20.1 Å². The summed E-state index contributed by atoms with van der Waals surface area (Å²) >= 11 is 0. The molecule has 0 amide bonds. The highest BCUT2D eigenvalue weighted by Gasteiger charge is 2.29. The number of hydrogen-bond acceptors (Lipinski definition) is 2. The molecule has 0 radical (unpaired) electrons. The monoisotopic (exact) mass is 268 g/mol. The van der Waals surface area contributed by atoms with Crippen molar-refractivity contribution in [1.29, 1.82) is 0 Å². The summed E-state index contributed by atoms with van der Waals surface area (Å²) in [7, 11) is 1.79. The Morgan fingerprint density at radius 3 is 2.17 bits per heavy atom. The van der Waals surface area contributed by atoms with Gasteiger partial charge >= 0.3 is 6.18 Å². The average molecular weight is 268 g/mol. The zero-order chi connectivity index (χ0) is 14.2. The molecule has 1 N–H and O–H groups in total. The second-order valence-corrected chi connectivity index (χ2v) is 4.77. The van der Waals surface area contributed by atoms with E-state index in [0.29, 0.717) is 0 Å². The number of likely N-dealkylation sites (N-methyl/N-ethyl adjacent to an activating group) is 2. The quantitative estimate of drug-likeness (QED) is 0.689. The first-order valence-corrected chi connectivity index (χ1v) is 6.86. The third kappa shape index (κ3) is 7.21. The minimum Gasteiger partial charge on any atom is -0.313 e. The van der Waals surface area contributed by atoms with Crippen molar-refractivity contribution in [3.63, 3.8) is 0 Å². The SMILES string of the molecule is CCCC(NCC)C(CC)N(C)CCC(F)(F)F. The molecule has 0 heterocycles. The van der Waals surface area contributed by atoms with Gasteiger partial charge in [-0.15, -0.1) is 0 Å². The van der Waals surface area contributed by atoms with Crippen molar-refractivity contribution in [3.05, 3.63) is 0 Å². The molecule has 18 heavy (non-hydrogen) atoms. The van der Waals surface area contributed by atoms with Crippen molar-refractivity contribution in [2.24, 2.45) is 0 Å². The van der Waals surface area contributed by atoms with Crippen LogP contribution in [-0.2, 0) is 0 Å². The van der Waals surface area contributed by atoms with E-state index in [9.17, 15) is 13.2 Å². The maximum Gasteiger partial charge on any atom is 0.390 e. The highest BCUT2D eigenvalue weighted by Crippen LogP contribution is 2.21. The number of rotatable bonds is 9. The van der Waals surface area contributed by atoms with Gasteiger partial charge in [-0.3, -0.25) is 0 Å². The molecule has 0 aliphatic rings. The standard InChI is InChI=1S/C13H27F3N2/c1-5-8-11(17-7-3)12(6-2)18(4)10-9-13(14,15)16/h11-12,17H,5-10H2,1-4H3. The van der Waals surface area contributed by atoms with Gasteiger partial charge in [0.25, 0.3) is 0 Å². The predicted molar refractivity (Wildman–Crippen MR) is 69.8 cm³/mol. The smallest absolute Gasteiger partial charge is 0.313 e. The normalized spacial score (nSPS) is 16.0. The number of alkyl halides is 3. The minimum atomic E-state index is -4.06. The fraction of sp³-hybridized carbons (Fsp3) is 1.00. The van der Waals surface area contributed by atoms with Gasteiger partial charge in [-0.25, -0.2) is 0 Å². The van der Waals surface area contributed by atoms with Crippen LogP contribution in [0.25, 0.3) is 0 Å². The Kier molecular flexibility index (Phi) is 8.61. The Morgan fingerprint density at radius 2 is 1.78 bits per heavy atom. The summed E-state index contributed by atoms with van der Waals surface area (Å²) in [5, 5.41) is 3.39. The lowest BCUT2D eigenvalue weighted by Crippen LogP contribution is -2.49. The molecule has 0 aliphatic carbocycles. The van der Waals surface area contributed by atoms with Crippen molar-refractivity contribution in [2.45, 2.75) is 64.7 Å². The molecular formula is C13H27F3N2. The van der Waals surface area contributed by atoms with E-state index in [2.05, 4.69) is 12.2 Å². The fourth-order valence-electron chi connectivity index (χ4n) is 2.38. The summed E-state index contributed by atoms with van der Waals surface area (Å²) in [5.41, 5.74) is 0. The van der Waals surface area contributed by atoms with Crippen molar-refractivity contribution < 1.29 is 13.2 Å². The van der Waals surface area contributed by atoms with Gasteiger partial charge in [0, 0.05) is 18.6 Å². The van der Waals surface area contributed by atoms with E-state index in [-0.39, 0.29) is 18.6 Å². The van der Waals surface area contributed by atoms with Gasteiger partial charge in [-0.05, 0) is 26.4 Å². The Balaban J connectivity index is 4.41. The number of halogens is 3. The van der Waals surface area contributed by atoms with Crippen LogP contribution in [-0.4, -0.2) is 43.3 Å². The molecule has 110 valence electrons. The molecule has 0 fully saturated rings. The van der Waals surface area contributed by atoms with E-state index in [0.717, 1.165) is 25.8 Å². The van der Waals surface area contributed by atoms with E-state index >= 15 is 0 Å². The van der Waals surface area contributed by atoms with Gasteiger partial charge < -0.3 is 10.2 Å². The lowest BCUT2D eigenvalue weighted by molar-refractivity contribution is -0.138. The van der Waals surface area contributed by atoms with Crippen molar-refractivity contribution in [3.8, 4) is 0 Å². The van der Waals surface area contributed by atoms with E-state index in [1.54, 1.807) is 7.05 Å². The van der Waals surface area contributed by atoms with E-state index in [1.165, 1.54) is 0 Å². The first kappa shape index (κ1) is 17.7. The molecule has 2 unspecified atom stereocenters. The molecule has 0 saturated heterocycles. The van der Waals surface area contributed by atoms with Crippen LogP contribution in [0.1, 0.15) is 46.5 Å². The number of nitrogens with one attached hydrogen (secondary N) is 1. The molecule has 5 heteroatoms. The molecule has 0 spiro atoms. The molecule has 0 aromatic rings. The lowest BCUT2D eigenvalue weighted by Gasteiger charge is -2.34. The van der Waals surface area contributed by atoms with Gasteiger partial charge in [0.15, 0.2) is 0 Å². The molecule has 0 rings (SSSR count). The maximum atomic E-state index is 12.2. The van der Waals surface area contributed by atoms with Crippen LogP contribution in [0.15, 0.2) is 0 Å². The molecule has 0 aromatic heterocycles. The van der Waals surface area contributed by atoms with Crippen molar-refractivity contribution in [1.82, 2.24) is 10.2 Å². The second-order valence-electron chi connectivity index (χ2n) is 4.77. The first-order chi connectivity index (χ1) is 8.35. The minimum absolute atomic E-state index is 0.0770. The lowest BCUT2D eigenvalue weighted by atomic mass is 9.99. The molecule has 0 saturated carbocycles. The van der Waals surface area contributed by atoms with Gasteiger partial charge in [0.2, 0.25) is 0 Å². The predicted octanol–water partition coefficient (Wildman–Crippen LogP) is 3.43. The highest BCUT2D eigenvalue weighted by molar-refractivity contribution is 4.82. The fourth-order valence-corrected chi connectivity index (χ4v) is 2.38. The van der Waals surface area contributed by atoms with E-state index in [1.807, 2.05) is 18.7 Å². The van der Waals surface area contributed by atoms with E-state index in [4.69, 9.17) is 0 Å². The summed E-state index contributed by atoms with van der Waals surface area (Å²) in [6, 6.07) is 0.454. The van der Waals surface area contributed by atoms with Gasteiger partial charge in [0.1, 0.15) is 0 Å². The molecule has 2 atom stereocenters. The first-order valence-electron chi connectivity index (χ1n) is 6.86. The second kappa shape index (κ2) is 8.75. The Hall–Kier alpha value is -0.290. The van der Waals surface area contributed by atoms with Crippen LogP contribution in [0.5, 0.6) is 0 Å². The van der Waals surface area contributed by atoms with E-state index < -0.39 is 12.6 Å². The third-order valence-electron chi connectivity index (χ3n) is 3.26. The summed E-state index contributed by atoms with van der Waals surface area (Å²) in [6.07, 6.45) is -1.88. The summed E-state index contributed by atoms with van der Waals surface area (Å²) in [4.78, 5) is 1.84. The summed E-state index contributed by atoms with van der Waals surface area (Å²) in [6.45, 7) is 7.11. The number of hydrogen-bond donors (Lipinski definition) is 1. The Bertz CT molecular complexity index is 201. The zero-order valence-corrected chi connectivity index (χ0v) is 12.0. The highest BCUT2D eigenvalue weighted by atomic mass is 19.4. The molecule has 2 nitrogen and oxygen atoms in total. The maximum absolute atomic E-state index is 12.2.